The lowest BCUT2D eigenvalue weighted by Crippen LogP contribution is -2.42. The minimum Gasteiger partial charge on any atom is -0.314 e. The smallest absolute Gasteiger partial charge is 0.0107 e. The lowest BCUT2D eigenvalue weighted by Gasteiger charge is -2.33. The van der Waals surface area contributed by atoms with Gasteiger partial charge in [-0.3, -0.25) is 0 Å². The molecule has 0 amide bonds. The number of rotatable bonds is 5. The van der Waals surface area contributed by atoms with E-state index < -0.39 is 0 Å². The normalized spacial score (nSPS) is 26.3. The van der Waals surface area contributed by atoms with Crippen LogP contribution in [0, 0.1) is 11.3 Å². The number of hydrogen-bond donors (Lipinski definition) is 1. The average molecular weight is 254 g/mol. The summed E-state index contributed by atoms with van der Waals surface area (Å²) < 4.78 is 0. The van der Waals surface area contributed by atoms with E-state index in [1.54, 1.807) is 0 Å². The minimum absolute atomic E-state index is 0.410. The van der Waals surface area contributed by atoms with Gasteiger partial charge in [-0.1, -0.05) is 47.0 Å². The monoisotopic (exact) mass is 254 g/mol. The molecule has 108 valence electrons. The summed E-state index contributed by atoms with van der Waals surface area (Å²) >= 11 is 0. The molecule has 2 unspecified atom stereocenters. The topological polar surface area (TPSA) is 15.3 Å². The number of hydrogen-bond acceptors (Lipinski definition) is 2. The molecule has 0 aromatic rings. The Bertz CT molecular complexity index is 220. The molecular formula is C16H34N2. The molecule has 1 rings (SSSR count). The molecule has 0 aromatic carbocycles. The second-order valence-electron chi connectivity index (χ2n) is 7.32. The first kappa shape index (κ1) is 16.0. The van der Waals surface area contributed by atoms with Gasteiger partial charge in [0.15, 0.2) is 0 Å². The van der Waals surface area contributed by atoms with Gasteiger partial charge in [0.25, 0.3) is 0 Å². The molecular weight excluding hydrogens is 220 g/mol. The van der Waals surface area contributed by atoms with E-state index in [0.717, 1.165) is 18.5 Å². The highest BCUT2D eigenvalue weighted by atomic mass is 15.1. The maximum absolute atomic E-state index is 3.72. The third kappa shape index (κ3) is 6.19. The Morgan fingerprint density at radius 1 is 1.11 bits per heavy atom. The van der Waals surface area contributed by atoms with Gasteiger partial charge in [0.1, 0.15) is 0 Å². The lowest BCUT2D eigenvalue weighted by atomic mass is 9.92. The van der Waals surface area contributed by atoms with Crippen molar-refractivity contribution in [3.63, 3.8) is 0 Å². The van der Waals surface area contributed by atoms with Crippen LogP contribution in [0.15, 0.2) is 0 Å². The molecule has 0 heterocycles. The fourth-order valence-corrected chi connectivity index (χ4v) is 3.41. The van der Waals surface area contributed by atoms with Crippen molar-refractivity contribution in [3.05, 3.63) is 0 Å². The van der Waals surface area contributed by atoms with Crippen molar-refractivity contribution in [1.82, 2.24) is 10.2 Å². The first-order valence-corrected chi connectivity index (χ1v) is 7.84. The van der Waals surface area contributed by atoms with E-state index in [2.05, 4.69) is 45.0 Å². The fraction of sp³-hybridized carbons (Fsp3) is 1.00. The number of nitrogens with one attached hydrogen (secondary N) is 1. The molecule has 0 spiro atoms. The maximum atomic E-state index is 3.72. The van der Waals surface area contributed by atoms with Gasteiger partial charge < -0.3 is 10.2 Å². The number of nitrogens with zero attached hydrogens (tertiary/aromatic N) is 1. The highest BCUT2D eigenvalue weighted by Gasteiger charge is 2.25. The summed E-state index contributed by atoms with van der Waals surface area (Å²) in [5.74, 6) is 0.847. The molecule has 1 N–H and O–H groups in total. The summed E-state index contributed by atoms with van der Waals surface area (Å²) in [7, 11) is 2.29. The van der Waals surface area contributed by atoms with Crippen molar-refractivity contribution in [2.45, 2.75) is 65.8 Å². The Morgan fingerprint density at radius 2 is 1.78 bits per heavy atom. The van der Waals surface area contributed by atoms with Gasteiger partial charge in [-0.15, -0.1) is 0 Å². The second-order valence-corrected chi connectivity index (χ2v) is 7.32. The van der Waals surface area contributed by atoms with E-state index in [1.165, 1.54) is 45.2 Å². The van der Waals surface area contributed by atoms with Crippen LogP contribution in [-0.2, 0) is 0 Å². The molecule has 2 atom stereocenters. The molecule has 0 aliphatic heterocycles. The van der Waals surface area contributed by atoms with E-state index >= 15 is 0 Å². The molecule has 0 bridgehead atoms. The standard InChI is InChI=1S/C16H34N2/c1-6-17-15-11-9-7-8-10-14(15)12-18(5)13-16(2,3)4/h14-15,17H,6-13H2,1-5H3. The van der Waals surface area contributed by atoms with Crippen molar-refractivity contribution < 1.29 is 0 Å². The van der Waals surface area contributed by atoms with Crippen molar-refractivity contribution in [1.29, 1.82) is 0 Å². The van der Waals surface area contributed by atoms with Crippen LogP contribution < -0.4 is 5.32 Å². The van der Waals surface area contributed by atoms with Crippen LogP contribution >= 0.6 is 0 Å². The van der Waals surface area contributed by atoms with Crippen molar-refractivity contribution in [3.8, 4) is 0 Å². The van der Waals surface area contributed by atoms with Gasteiger partial charge >= 0.3 is 0 Å². The first-order chi connectivity index (χ1) is 8.42. The molecule has 18 heavy (non-hydrogen) atoms. The third-order valence-electron chi connectivity index (χ3n) is 3.92. The summed E-state index contributed by atoms with van der Waals surface area (Å²) in [4.78, 5) is 2.54. The molecule has 1 fully saturated rings. The second kappa shape index (κ2) is 7.49. The molecule has 1 aliphatic carbocycles. The summed E-state index contributed by atoms with van der Waals surface area (Å²) in [6.45, 7) is 12.8. The largest absolute Gasteiger partial charge is 0.314 e. The molecule has 1 saturated carbocycles. The van der Waals surface area contributed by atoms with Gasteiger partial charge in [-0.05, 0) is 37.8 Å². The molecule has 0 aromatic heterocycles. The zero-order chi connectivity index (χ0) is 13.6. The highest BCUT2D eigenvalue weighted by Crippen LogP contribution is 2.25. The molecule has 2 nitrogen and oxygen atoms in total. The van der Waals surface area contributed by atoms with Crippen molar-refractivity contribution in [2.75, 3.05) is 26.7 Å². The zero-order valence-corrected chi connectivity index (χ0v) is 13.3. The van der Waals surface area contributed by atoms with Crippen LogP contribution in [0.4, 0.5) is 0 Å². The van der Waals surface area contributed by atoms with E-state index in [0.29, 0.717) is 5.41 Å². The third-order valence-corrected chi connectivity index (χ3v) is 3.92. The summed E-state index contributed by atoms with van der Waals surface area (Å²) in [6.07, 6.45) is 7.06. The van der Waals surface area contributed by atoms with Crippen LogP contribution in [0.1, 0.15) is 59.8 Å². The average Bonchev–Trinajstić information content (AvgIpc) is 2.42. The Labute approximate surface area is 115 Å². The summed E-state index contributed by atoms with van der Waals surface area (Å²) in [6, 6.07) is 0.750. The van der Waals surface area contributed by atoms with Crippen molar-refractivity contribution in [2.24, 2.45) is 11.3 Å². The summed E-state index contributed by atoms with van der Waals surface area (Å²) in [5, 5.41) is 3.72. The van der Waals surface area contributed by atoms with Gasteiger partial charge in [0.05, 0.1) is 0 Å². The Hall–Kier alpha value is -0.0800. The van der Waals surface area contributed by atoms with Gasteiger partial charge in [-0.25, -0.2) is 0 Å². The quantitative estimate of drug-likeness (QED) is 0.755. The van der Waals surface area contributed by atoms with Crippen molar-refractivity contribution >= 4 is 0 Å². The van der Waals surface area contributed by atoms with Crippen LogP contribution in [0.25, 0.3) is 0 Å². The van der Waals surface area contributed by atoms with Crippen LogP contribution in [-0.4, -0.2) is 37.6 Å². The minimum atomic E-state index is 0.410. The van der Waals surface area contributed by atoms with E-state index in [-0.39, 0.29) is 0 Å². The highest BCUT2D eigenvalue weighted by molar-refractivity contribution is 4.82. The SMILES string of the molecule is CCNC1CCCCCC1CN(C)CC(C)(C)C. The van der Waals surface area contributed by atoms with Gasteiger partial charge in [0.2, 0.25) is 0 Å². The van der Waals surface area contributed by atoms with Gasteiger partial charge in [0, 0.05) is 19.1 Å². The van der Waals surface area contributed by atoms with Gasteiger partial charge in [-0.2, -0.15) is 0 Å². The maximum Gasteiger partial charge on any atom is 0.0107 e. The molecule has 0 radical (unpaired) electrons. The lowest BCUT2D eigenvalue weighted by molar-refractivity contribution is 0.175. The Morgan fingerprint density at radius 3 is 2.39 bits per heavy atom. The Kier molecular flexibility index (Phi) is 6.65. The first-order valence-electron chi connectivity index (χ1n) is 7.84. The van der Waals surface area contributed by atoms with Crippen LogP contribution in [0.5, 0.6) is 0 Å². The summed E-state index contributed by atoms with van der Waals surface area (Å²) in [5.41, 5.74) is 0.410. The van der Waals surface area contributed by atoms with E-state index in [1.807, 2.05) is 0 Å². The molecule has 0 saturated heterocycles. The fourth-order valence-electron chi connectivity index (χ4n) is 3.41. The van der Waals surface area contributed by atoms with E-state index in [4.69, 9.17) is 0 Å². The predicted molar refractivity (Wildman–Crippen MR) is 81.0 cm³/mol. The van der Waals surface area contributed by atoms with Crippen LogP contribution in [0.3, 0.4) is 0 Å². The Balaban J connectivity index is 2.49. The van der Waals surface area contributed by atoms with Crippen LogP contribution in [0.2, 0.25) is 0 Å². The predicted octanol–water partition coefficient (Wildman–Crippen LogP) is 3.52. The molecule has 1 aliphatic rings. The molecule has 2 heteroatoms. The van der Waals surface area contributed by atoms with E-state index in [9.17, 15) is 0 Å². The zero-order valence-electron chi connectivity index (χ0n) is 13.3.